The zero-order valence-corrected chi connectivity index (χ0v) is 23.8. The third kappa shape index (κ3) is 15.2. The second-order valence-corrected chi connectivity index (χ2v) is 9.11. The van der Waals surface area contributed by atoms with Gasteiger partial charge >= 0.3 is 42.2 Å². The third-order valence-corrected chi connectivity index (χ3v) is 5.27. The normalized spacial score (nSPS) is 11.5. The van der Waals surface area contributed by atoms with Gasteiger partial charge in [-0.2, -0.15) is 8.78 Å². The molecule has 0 aliphatic carbocycles. The first-order valence-electron chi connectivity index (χ1n) is 12.4. The van der Waals surface area contributed by atoms with Crippen LogP contribution in [0.15, 0.2) is 63.3 Å². The van der Waals surface area contributed by atoms with Gasteiger partial charge < -0.3 is 33.2 Å². The summed E-state index contributed by atoms with van der Waals surface area (Å²) in [7, 11) is 0. The quantitative estimate of drug-likeness (QED) is 0.0662. The van der Waals surface area contributed by atoms with Crippen LogP contribution in [-0.4, -0.2) is 102 Å². The number of ether oxygens (including phenoxy) is 7. The lowest BCUT2D eigenvalue weighted by atomic mass is 9.90. The molecule has 0 heterocycles. The first-order valence-corrected chi connectivity index (χ1v) is 12.4. The average Bonchev–Trinajstić information content (AvgIpc) is 3.01. The molecule has 44 heavy (non-hydrogen) atoms. The highest BCUT2D eigenvalue weighted by atomic mass is 19.3. The van der Waals surface area contributed by atoms with Crippen molar-refractivity contribution in [2.45, 2.75) is 12.3 Å². The topological polar surface area (TPSA) is 150 Å². The van der Waals surface area contributed by atoms with Gasteiger partial charge in [0, 0.05) is 30.4 Å². The Morgan fingerprint density at radius 3 is 0.932 bits per heavy atom. The highest BCUT2D eigenvalue weighted by Gasteiger charge is 2.44. The molecule has 12 nitrogen and oxygen atoms in total. The first kappa shape index (κ1) is 39.7. The summed E-state index contributed by atoms with van der Waals surface area (Å²) < 4.78 is 88.3. The molecule has 0 radical (unpaired) electrons. The van der Waals surface area contributed by atoms with E-state index in [1.807, 2.05) is 0 Å². The number of carbonyl (C=O) groups excluding carboxylic acids is 5. The summed E-state index contributed by atoms with van der Waals surface area (Å²) in [5.74, 6) is -9.32. The number of alkyl halides is 4. The lowest BCUT2D eigenvalue weighted by molar-refractivity contribution is -0.188. The minimum atomic E-state index is -4.56. The molecule has 0 aromatic heterocycles. The van der Waals surface area contributed by atoms with E-state index in [1.165, 1.54) is 0 Å². The molecule has 0 aromatic rings. The lowest BCUT2D eigenvalue weighted by Crippen LogP contribution is -2.47. The van der Waals surface area contributed by atoms with Crippen LogP contribution in [0.25, 0.3) is 0 Å². The van der Waals surface area contributed by atoms with Crippen molar-refractivity contribution in [3.05, 3.63) is 63.3 Å². The van der Waals surface area contributed by atoms with E-state index in [0.29, 0.717) is 0 Å². The molecule has 16 heteroatoms. The van der Waals surface area contributed by atoms with Crippen molar-refractivity contribution in [2.75, 3.05) is 59.5 Å². The summed E-state index contributed by atoms with van der Waals surface area (Å²) in [5, 5.41) is 0. The molecular weight excluding hydrogens is 604 g/mol. The van der Waals surface area contributed by atoms with Crippen molar-refractivity contribution >= 4 is 29.8 Å². The second kappa shape index (κ2) is 19.8. The zero-order valence-electron chi connectivity index (χ0n) is 23.8. The summed E-state index contributed by atoms with van der Waals surface area (Å²) in [5.41, 5.74) is -3.46. The smallest absolute Gasteiger partial charge is 0.330 e. The lowest BCUT2D eigenvalue weighted by Gasteiger charge is -2.35. The van der Waals surface area contributed by atoms with E-state index in [9.17, 15) is 41.5 Å². The summed E-state index contributed by atoms with van der Waals surface area (Å²) in [6.07, 6.45) is -0.105. The Labute approximate surface area is 250 Å². The van der Waals surface area contributed by atoms with Gasteiger partial charge in [-0.25, -0.2) is 32.8 Å². The van der Waals surface area contributed by atoms with Crippen molar-refractivity contribution in [1.29, 1.82) is 0 Å². The van der Waals surface area contributed by atoms with Gasteiger partial charge in [0.15, 0.2) is 0 Å². The largest absolute Gasteiger partial charge is 0.462 e. The van der Waals surface area contributed by atoms with Gasteiger partial charge in [0.1, 0.15) is 39.6 Å². The Kier molecular flexibility index (Phi) is 17.9. The average molecular weight is 639 g/mol. The molecule has 0 N–H and O–H groups in total. The van der Waals surface area contributed by atoms with Crippen LogP contribution in [0, 0.1) is 10.8 Å². The van der Waals surface area contributed by atoms with Crippen LogP contribution in [0.2, 0.25) is 0 Å². The molecule has 0 bridgehead atoms. The van der Waals surface area contributed by atoms with E-state index >= 15 is 0 Å². The van der Waals surface area contributed by atoms with Crippen molar-refractivity contribution in [1.82, 2.24) is 0 Å². The van der Waals surface area contributed by atoms with Crippen LogP contribution in [0.4, 0.5) is 17.6 Å². The van der Waals surface area contributed by atoms with E-state index < -0.39 is 112 Å². The standard InChI is InChI=1S/C28H34F4O12/c1-6-20(33)40-14-26(15-41-21(34)7-2,12-39-19-28(31,32)25(29)30)11-38-13-27(16-42-22(35)8-3,17-43-23(36)9-4)18-44-24(37)10-5/h6-10,25H,1-5,11-19H2. The van der Waals surface area contributed by atoms with Gasteiger partial charge in [-0.1, -0.05) is 32.9 Å². The van der Waals surface area contributed by atoms with Crippen LogP contribution >= 0.6 is 0 Å². The number of hydrogen-bond donors (Lipinski definition) is 0. The van der Waals surface area contributed by atoms with Crippen LogP contribution in [-0.2, 0) is 57.1 Å². The van der Waals surface area contributed by atoms with Crippen LogP contribution in [0.3, 0.4) is 0 Å². The van der Waals surface area contributed by atoms with Gasteiger partial charge in [-0.15, -0.1) is 0 Å². The maximum atomic E-state index is 13.6. The zero-order chi connectivity index (χ0) is 33.8. The third-order valence-electron chi connectivity index (χ3n) is 5.27. The molecule has 0 saturated heterocycles. The van der Waals surface area contributed by atoms with Gasteiger partial charge in [0.25, 0.3) is 0 Å². The van der Waals surface area contributed by atoms with Gasteiger partial charge in [-0.3, -0.25) is 0 Å². The molecule has 0 aliphatic heterocycles. The van der Waals surface area contributed by atoms with E-state index in [0.717, 1.165) is 30.4 Å². The number of carbonyl (C=O) groups is 5. The Morgan fingerprint density at radius 2 is 0.705 bits per heavy atom. The Hall–Kier alpha value is -4.31. The number of rotatable bonds is 24. The summed E-state index contributed by atoms with van der Waals surface area (Å²) in [4.78, 5) is 59.0. The van der Waals surface area contributed by atoms with E-state index in [-0.39, 0.29) is 0 Å². The molecular formula is C28H34F4O12. The van der Waals surface area contributed by atoms with Gasteiger partial charge in [0.05, 0.1) is 30.7 Å². The van der Waals surface area contributed by atoms with Crippen molar-refractivity contribution in [2.24, 2.45) is 10.8 Å². The molecule has 0 saturated carbocycles. The van der Waals surface area contributed by atoms with Crippen LogP contribution < -0.4 is 0 Å². The molecule has 0 aliphatic rings. The van der Waals surface area contributed by atoms with Gasteiger partial charge in [0.2, 0.25) is 0 Å². The fraction of sp³-hybridized carbons (Fsp3) is 0.464. The molecule has 0 spiro atoms. The molecule has 0 atom stereocenters. The van der Waals surface area contributed by atoms with E-state index in [1.54, 1.807) is 0 Å². The first-order chi connectivity index (χ1) is 20.6. The Bertz CT molecular complexity index is 973. The molecule has 0 aromatic carbocycles. The minimum Gasteiger partial charge on any atom is -0.462 e. The summed E-state index contributed by atoms with van der Waals surface area (Å²) in [6.45, 7) is 8.99. The van der Waals surface area contributed by atoms with Crippen molar-refractivity contribution < 1.29 is 74.7 Å². The molecule has 0 fully saturated rings. The molecule has 0 rings (SSSR count). The molecule has 0 amide bonds. The number of hydrogen-bond acceptors (Lipinski definition) is 12. The summed E-state index contributed by atoms with van der Waals surface area (Å²) >= 11 is 0. The fourth-order valence-corrected chi connectivity index (χ4v) is 2.87. The Morgan fingerprint density at radius 1 is 0.477 bits per heavy atom. The second-order valence-electron chi connectivity index (χ2n) is 9.11. The van der Waals surface area contributed by atoms with Crippen LogP contribution in [0.5, 0.6) is 0 Å². The highest BCUT2D eigenvalue weighted by Crippen LogP contribution is 2.28. The monoisotopic (exact) mass is 638 g/mol. The highest BCUT2D eigenvalue weighted by molar-refractivity contribution is 5.82. The van der Waals surface area contributed by atoms with Crippen molar-refractivity contribution in [3.63, 3.8) is 0 Å². The van der Waals surface area contributed by atoms with E-state index in [2.05, 4.69) is 32.9 Å². The summed E-state index contributed by atoms with van der Waals surface area (Å²) in [6, 6.07) is 0. The Balaban J connectivity index is 6.40. The number of esters is 5. The molecule has 246 valence electrons. The maximum absolute atomic E-state index is 13.6. The van der Waals surface area contributed by atoms with E-state index in [4.69, 9.17) is 33.2 Å². The number of halogens is 4. The SMILES string of the molecule is C=CC(=O)OCC(COCC(COC(=O)C=C)(COC(=O)C=C)COC(=O)C=C)(COCC(F)(F)C(F)F)COC(=O)C=C. The van der Waals surface area contributed by atoms with Gasteiger partial charge in [-0.05, 0) is 0 Å². The van der Waals surface area contributed by atoms with Crippen LogP contribution in [0.1, 0.15) is 0 Å². The maximum Gasteiger partial charge on any atom is 0.330 e. The molecule has 0 unspecified atom stereocenters. The van der Waals surface area contributed by atoms with Crippen molar-refractivity contribution in [3.8, 4) is 0 Å². The minimum absolute atomic E-state index is 0.591. The fourth-order valence-electron chi connectivity index (χ4n) is 2.87. The predicted octanol–water partition coefficient (Wildman–Crippen LogP) is 2.54. The predicted molar refractivity (Wildman–Crippen MR) is 143 cm³/mol.